The largest absolute Gasteiger partial charge is 0.465 e. The predicted octanol–water partition coefficient (Wildman–Crippen LogP) is 3.45. The number of halogens is 2. The van der Waals surface area contributed by atoms with Crippen molar-refractivity contribution in [1.29, 1.82) is 0 Å². The summed E-state index contributed by atoms with van der Waals surface area (Å²) >= 11 is 0. The molecule has 1 atom stereocenters. The van der Waals surface area contributed by atoms with E-state index in [-0.39, 0.29) is 5.56 Å². The first-order valence-corrected chi connectivity index (χ1v) is 6.03. The Labute approximate surface area is 114 Å². The fourth-order valence-electron chi connectivity index (χ4n) is 1.74. The van der Waals surface area contributed by atoms with Crippen molar-refractivity contribution in [3.63, 3.8) is 0 Å². The van der Waals surface area contributed by atoms with E-state index in [1.807, 2.05) is 0 Å². The molecule has 0 saturated carbocycles. The van der Waals surface area contributed by atoms with E-state index < -0.39 is 23.6 Å². The first-order chi connectivity index (χ1) is 9.56. The summed E-state index contributed by atoms with van der Waals surface area (Å²) in [6.07, 6.45) is 4.29. The standard InChI is InChI=1S/C15H13F2NO2/c1-10(13-6-4-11(16)9-14(13)17)18-15(19)7-5-12-3-2-8-20-12/h2-10H,1H3,(H,18,19)/b7-5+. The Bertz CT molecular complexity index is 621. The zero-order valence-corrected chi connectivity index (χ0v) is 10.8. The van der Waals surface area contributed by atoms with Crippen LogP contribution < -0.4 is 5.32 Å². The van der Waals surface area contributed by atoms with E-state index in [0.717, 1.165) is 12.1 Å². The van der Waals surface area contributed by atoms with Gasteiger partial charge in [-0.05, 0) is 31.2 Å². The molecule has 104 valence electrons. The van der Waals surface area contributed by atoms with Crippen LogP contribution in [0.3, 0.4) is 0 Å². The van der Waals surface area contributed by atoms with Gasteiger partial charge in [-0.1, -0.05) is 6.07 Å². The summed E-state index contributed by atoms with van der Waals surface area (Å²) in [4.78, 5) is 11.7. The lowest BCUT2D eigenvalue weighted by molar-refractivity contribution is -0.117. The van der Waals surface area contributed by atoms with E-state index in [0.29, 0.717) is 5.76 Å². The molecule has 0 fully saturated rings. The van der Waals surface area contributed by atoms with Gasteiger partial charge in [0.1, 0.15) is 17.4 Å². The van der Waals surface area contributed by atoms with Crippen molar-refractivity contribution in [2.75, 3.05) is 0 Å². The lowest BCUT2D eigenvalue weighted by Crippen LogP contribution is -2.25. The molecule has 1 amide bonds. The van der Waals surface area contributed by atoms with Crippen molar-refractivity contribution < 1.29 is 18.0 Å². The summed E-state index contributed by atoms with van der Waals surface area (Å²) in [6.45, 7) is 1.62. The van der Waals surface area contributed by atoms with Gasteiger partial charge in [-0.2, -0.15) is 0 Å². The summed E-state index contributed by atoms with van der Waals surface area (Å²) in [5.74, 6) is -1.19. The van der Waals surface area contributed by atoms with Gasteiger partial charge >= 0.3 is 0 Å². The Morgan fingerprint density at radius 3 is 2.80 bits per heavy atom. The highest BCUT2D eigenvalue weighted by molar-refractivity contribution is 5.91. The Balaban J connectivity index is 2.00. The lowest BCUT2D eigenvalue weighted by atomic mass is 10.1. The van der Waals surface area contributed by atoms with Crippen LogP contribution in [0.15, 0.2) is 47.1 Å². The lowest BCUT2D eigenvalue weighted by Gasteiger charge is -2.13. The monoisotopic (exact) mass is 277 g/mol. The van der Waals surface area contributed by atoms with Crippen molar-refractivity contribution in [2.24, 2.45) is 0 Å². The molecule has 1 N–H and O–H groups in total. The van der Waals surface area contributed by atoms with Gasteiger partial charge in [0, 0.05) is 17.7 Å². The molecule has 1 unspecified atom stereocenters. The fourth-order valence-corrected chi connectivity index (χ4v) is 1.74. The number of hydrogen-bond acceptors (Lipinski definition) is 2. The summed E-state index contributed by atoms with van der Waals surface area (Å²) in [5, 5.41) is 2.59. The van der Waals surface area contributed by atoms with Crippen molar-refractivity contribution in [2.45, 2.75) is 13.0 Å². The van der Waals surface area contributed by atoms with Crippen LogP contribution in [-0.4, -0.2) is 5.91 Å². The van der Waals surface area contributed by atoms with Crippen LogP contribution in [0.1, 0.15) is 24.3 Å². The Morgan fingerprint density at radius 2 is 2.15 bits per heavy atom. The molecule has 1 aromatic carbocycles. The van der Waals surface area contributed by atoms with E-state index in [1.54, 1.807) is 19.1 Å². The zero-order valence-electron chi connectivity index (χ0n) is 10.8. The first-order valence-electron chi connectivity index (χ1n) is 6.03. The van der Waals surface area contributed by atoms with E-state index in [1.165, 1.54) is 24.5 Å². The third kappa shape index (κ3) is 3.54. The SMILES string of the molecule is CC(NC(=O)/C=C/c1ccco1)c1ccc(F)cc1F. The number of hydrogen-bond donors (Lipinski definition) is 1. The zero-order chi connectivity index (χ0) is 14.5. The fraction of sp³-hybridized carbons (Fsp3) is 0.133. The molecular weight excluding hydrogens is 264 g/mol. The Morgan fingerprint density at radius 1 is 1.35 bits per heavy atom. The average molecular weight is 277 g/mol. The summed E-state index contributed by atoms with van der Waals surface area (Å²) in [5.41, 5.74) is 0.228. The van der Waals surface area contributed by atoms with Crippen molar-refractivity contribution in [3.05, 3.63) is 65.6 Å². The molecule has 2 aromatic rings. The molecule has 0 bridgehead atoms. The van der Waals surface area contributed by atoms with Crippen LogP contribution in [-0.2, 0) is 4.79 Å². The van der Waals surface area contributed by atoms with E-state index in [9.17, 15) is 13.6 Å². The van der Waals surface area contributed by atoms with Gasteiger partial charge in [0.2, 0.25) is 5.91 Å². The molecule has 0 aliphatic carbocycles. The van der Waals surface area contributed by atoms with Gasteiger partial charge < -0.3 is 9.73 Å². The topological polar surface area (TPSA) is 42.2 Å². The second-order valence-electron chi connectivity index (χ2n) is 4.24. The predicted molar refractivity (Wildman–Crippen MR) is 70.7 cm³/mol. The van der Waals surface area contributed by atoms with Gasteiger partial charge in [-0.25, -0.2) is 8.78 Å². The molecular formula is C15H13F2NO2. The van der Waals surface area contributed by atoms with Crippen LogP contribution >= 0.6 is 0 Å². The van der Waals surface area contributed by atoms with E-state index in [4.69, 9.17) is 4.42 Å². The minimum Gasteiger partial charge on any atom is -0.465 e. The smallest absolute Gasteiger partial charge is 0.244 e. The maximum Gasteiger partial charge on any atom is 0.244 e. The van der Waals surface area contributed by atoms with Gasteiger partial charge in [0.25, 0.3) is 0 Å². The highest BCUT2D eigenvalue weighted by Crippen LogP contribution is 2.17. The van der Waals surface area contributed by atoms with E-state index in [2.05, 4.69) is 5.32 Å². The van der Waals surface area contributed by atoms with Crippen LogP contribution in [0.25, 0.3) is 6.08 Å². The Kier molecular flexibility index (Phi) is 4.30. The van der Waals surface area contributed by atoms with Gasteiger partial charge in [-0.15, -0.1) is 0 Å². The number of benzene rings is 1. The minimum absolute atomic E-state index is 0.228. The van der Waals surface area contributed by atoms with Crippen molar-refractivity contribution in [3.8, 4) is 0 Å². The van der Waals surface area contributed by atoms with Crippen LogP contribution in [0.4, 0.5) is 8.78 Å². The number of rotatable bonds is 4. The van der Waals surface area contributed by atoms with Gasteiger partial charge in [0.05, 0.1) is 12.3 Å². The number of carbonyl (C=O) groups excluding carboxylic acids is 1. The van der Waals surface area contributed by atoms with Gasteiger partial charge in [-0.3, -0.25) is 4.79 Å². The minimum atomic E-state index is -0.687. The molecule has 5 heteroatoms. The molecule has 0 spiro atoms. The van der Waals surface area contributed by atoms with Crippen molar-refractivity contribution in [1.82, 2.24) is 5.32 Å². The molecule has 2 rings (SSSR count). The summed E-state index contributed by atoms with van der Waals surface area (Å²) in [6, 6.07) is 6.09. The highest BCUT2D eigenvalue weighted by Gasteiger charge is 2.12. The summed E-state index contributed by atoms with van der Waals surface area (Å²) in [7, 11) is 0. The van der Waals surface area contributed by atoms with Crippen molar-refractivity contribution >= 4 is 12.0 Å². The quantitative estimate of drug-likeness (QED) is 0.870. The average Bonchev–Trinajstić information content (AvgIpc) is 2.89. The molecule has 1 heterocycles. The number of carbonyl (C=O) groups is 1. The third-order valence-corrected chi connectivity index (χ3v) is 2.73. The Hall–Kier alpha value is -2.43. The van der Waals surface area contributed by atoms with E-state index >= 15 is 0 Å². The second kappa shape index (κ2) is 6.14. The van der Waals surface area contributed by atoms with Gasteiger partial charge in [0.15, 0.2) is 0 Å². The first kappa shape index (κ1) is 14.0. The maximum absolute atomic E-state index is 13.5. The second-order valence-corrected chi connectivity index (χ2v) is 4.24. The normalized spacial score (nSPS) is 12.6. The molecule has 1 aromatic heterocycles. The number of amides is 1. The highest BCUT2D eigenvalue weighted by atomic mass is 19.1. The number of furan rings is 1. The molecule has 0 aliphatic rings. The molecule has 0 saturated heterocycles. The molecule has 0 aliphatic heterocycles. The van der Waals surface area contributed by atoms with Crippen LogP contribution in [0.5, 0.6) is 0 Å². The summed E-state index contributed by atoms with van der Waals surface area (Å²) < 4.78 is 31.4. The number of nitrogens with one attached hydrogen (secondary N) is 1. The molecule has 20 heavy (non-hydrogen) atoms. The van der Waals surface area contributed by atoms with Crippen LogP contribution in [0.2, 0.25) is 0 Å². The molecule has 0 radical (unpaired) electrons. The maximum atomic E-state index is 13.5. The van der Waals surface area contributed by atoms with Crippen LogP contribution in [0, 0.1) is 11.6 Å². The third-order valence-electron chi connectivity index (χ3n) is 2.73. The molecule has 3 nitrogen and oxygen atoms in total.